The van der Waals surface area contributed by atoms with Gasteiger partial charge in [0.1, 0.15) is 0 Å². The highest BCUT2D eigenvalue weighted by molar-refractivity contribution is 5.93. The summed E-state index contributed by atoms with van der Waals surface area (Å²) in [5.74, 6) is 0. The summed E-state index contributed by atoms with van der Waals surface area (Å²) in [4.78, 5) is 20.6. The number of nitrogens with zero attached hydrogens (tertiary/aromatic N) is 2. The van der Waals surface area contributed by atoms with Crippen molar-refractivity contribution in [1.82, 2.24) is 14.5 Å². The van der Waals surface area contributed by atoms with E-state index >= 15 is 0 Å². The second-order valence-corrected chi connectivity index (χ2v) is 6.63. The topological polar surface area (TPSA) is 70.9 Å². The molecule has 0 unspecified atom stereocenters. The molecule has 1 atom stereocenters. The zero-order valence-corrected chi connectivity index (χ0v) is 13.8. The fourth-order valence-corrected chi connectivity index (χ4v) is 3.95. The molecule has 5 heteroatoms. The number of aliphatic hydroxyl groups excluding tert-OH is 1. The van der Waals surface area contributed by atoms with Crippen LogP contribution in [0.15, 0.2) is 47.5 Å². The van der Waals surface area contributed by atoms with Gasteiger partial charge in [-0.1, -0.05) is 18.2 Å². The summed E-state index contributed by atoms with van der Waals surface area (Å²) in [5, 5.41) is 12.6. The molecule has 0 fully saturated rings. The Hall–Kier alpha value is -2.92. The molecule has 5 nitrogen and oxygen atoms in total. The molecule has 4 heterocycles. The molecule has 0 spiro atoms. The fourth-order valence-electron chi connectivity index (χ4n) is 3.95. The molecule has 0 bridgehead atoms. The van der Waals surface area contributed by atoms with Gasteiger partial charge in [-0.2, -0.15) is 0 Å². The number of aromatic amines is 1. The van der Waals surface area contributed by atoms with E-state index in [-0.39, 0.29) is 5.56 Å². The number of aromatic nitrogens is 3. The third-order valence-electron chi connectivity index (χ3n) is 5.17. The molecule has 0 radical (unpaired) electrons. The fraction of sp³-hybridized carbons (Fsp3) is 0.200. The van der Waals surface area contributed by atoms with Crippen LogP contribution in [0.4, 0.5) is 0 Å². The molecule has 25 heavy (non-hydrogen) atoms. The van der Waals surface area contributed by atoms with Crippen molar-refractivity contribution in [3.63, 3.8) is 0 Å². The van der Waals surface area contributed by atoms with Gasteiger partial charge in [0.05, 0.1) is 22.9 Å². The average molecular weight is 331 g/mol. The third-order valence-corrected chi connectivity index (χ3v) is 5.17. The van der Waals surface area contributed by atoms with Crippen molar-refractivity contribution in [2.75, 3.05) is 0 Å². The van der Waals surface area contributed by atoms with Crippen molar-refractivity contribution >= 4 is 21.7 Å². The molecule has 5 rings (SSSR count). The predicted octanol–water partition coefficient (Wildman–Crippen LogP) is 3.15. The van der Waals surface area contributed by atoms with Crippen molar-refractivity contribution in [1.29, 1.82) is 0 Å². The zero-order chi connectivity index (χ0) is 17.1. The lowest BCUT2D eigenvalue weighted by atomic mass is 9.98. The normalized spacial score (nSPS) is 14.5. The Balaban J connectivity index is 1.90. The van der Waals surface area contributed by atoms with Crippen molar-refractivity contribution in [2.24, 2.45) is 0 Å². The minimum absolute atomic E-state index is 0.0493. The number of H-pyrrole nitrogens is 1. The molecule has 1 aliphatic heterocycles. The highest BCUT2D eigenvalue weighted by Crippen LogP contribution is 2.35. The number of rotatable bonds is 1. The van der Waals surface area contributed by atoms with Gasteiger partial charge in [0, 0.05) is 35.4 Å². The Morgan fingerprint density at radius 3 is 2.88 bits per heavy atom. The Kier molecular flexibility index (Phi) is 2.91. The van der Waals surface area contributed by atoms with E-state index in [1.54, 1.807) is 19.3 Å². The van der Waals surface area contributed by atoms with Crippen LogP contribution in [0.2, 0.25) is 0 Å². The third kappa shape index (κ3) is 1.93. The Morgan fingerprint density at radius 1 is 1.20 bits per heavy atom. The molecule has 3 aromatic heterocycles. The van der Waals surface area contributed by atoms with Gasteiger partial charge in [0.15, 0.2) is 0 Å². The van der Waals surface area contributed by atoms with E-state index in [4.69, 9.17) is 0 Å². The summed E-state index contributed by atoms with van der Waals surface area (Å²) < 4.78 is 1.81. The molecule has 1 aromatic carbocycles. The van der Waals surface area contributed by atoms with Gasteiger partial charge in [-0.3, -0.25) is 9.78 Å². The molecule has 0 saturated carbocycles. The number of benzene rings is 1. The molecule has 2 N–H and O–H groups in total. The lowest BCUT2D eigenvalue weighted by Gasteiger charge is -2.21. The summed E-state index contributed by atoms with van der Waals surface area (Å²) in [6, 6.07) is 10.2. The first kappa shape index (κ1) is 14.4. The molecule has 0 amide bonds. The molecule has 0 saturated heterocycles. The molecular weight excluding hydrogens is 314 g/mol. The van der Waals surface area contributed by atoms with E-state index in [0.717, 1.165) is 28.7 Å². The van der Waals surface area contributed by atoms with E-state index in [9.17, 15) is 9.90 Å². The molecule has 0 aliphatic carbocycles. The lowest BCUT2D eigenvalue weighted by Crippen LogP contribution is -2.26. The van der Waals surface area contributed by atoms with Crippen LogP contribution >= 0.6 is 0 Å². The average Bonchev–Trinajstić information content (AvgIpc) is 3.00. The van der Waals surface area contributed by atoms with Crippen LogP contribution in [-0.4, -0.2) is 19.6 Å². The van der Waals surface area contributed by atoms with Crippen LogP contribution in [0.1, 0.15) is 24.2 Å². The van der Waals surface area contributed by atoms with Gasteiger partial charge < -0.3 is 14.7 Å². The number of hydrogen-bond acceptors (Lipinski definition) is 3. The number of para-hydroxylation sites is 1. The summed E-state index contributed by atoms with van der Waals surface area (Å²) in [6.07, 6.45) is 3.38. The maximum absolute atomic E-state index is 13.0. The van der Waals surface area contributed by atoms with Crippen LogP contribution < -0.4 is 5.56 Å². The van der Waals surface area contributed by atoms with Gasteiger partial charge in [-0.15, -0.1) is 0 Å². The first-order chi connectivity index (χ1) is 12.1. The number of hydrogen-bond donors (Lipinski definition) is 2. The summed E-state index contributed by atoms with van der Waals surface area (Å²) in [6.45, 7) is 2.35. The smallest absolute Gasteiger partial charge is 0.260 e. The van der Waals surface area contributed by atoms with Gasteiger partial charge in [-0.05, 0) is 36.4 Å². The summed E-state index contributed by atoms with van der Waals surface area (Å²) >= 11 is 0. The van der Waals surface area contributed by atoms with Crippen LogP contribution in [0.3, 0.4) is 0 Å². The Bertz CT molecular complexity index is 1200. The first-order valence-electron chi connectivity index (χ1n) is 8.44. The van der Waals surface area contributed by atoms with Gasteiger partial charge in [0.2, 0.25) is 0 Å². The van der Waals surface area contributed by atoms with E-state index in [0.29, 0.717) is 17.5 Å². The summed E-state index contributed by atoms with van der Waals surface area (Å²) in [5.41, 5.74) is 4.84. The number of aryl methyl sites for hydroxylation is 1. The van der Waals surface area contributed by atoms with Crippen LogP contribution in [0, 0.1) is 0 Å². The van der Waals surface area contributed by atoms with Crippen molar-refractivity contribution in [3.8, 4) is 11.4 Å². The highest BCUT2D eigenvalue weighted by atomic mass is 16.3. The van der Waals surface area contributed by atoms with Gasteiger partial charge in [0.25, 0.3) is 5.56 Å². The summed E-state index contributed by atoms with van der Waals surface area (Å²) in [7, 11) is 0. The van der Waals surface area contributed by atoms with Gasteiger partial charge in [-0.25, -0.2) is 0 Å². The van der Waals surface area contributed by atoms with Crippen LogP contribution in [0.25, 0.3) is 33.1 Å². The Labute approximate surface area is 143 Å². The second kappa shape index (κ2) is 5.04. The SMILES string of the molecule is C[C@@H](O)c1cncc2c(=O)n3c(cc12)-c1[nH]c2ccccc2c1CC3. The molecule has 1 aliphatic rings. The van der Waals surface area contributed by atoms with Gasteiger partial charge >= 0.3 is 0 Å². The monoisotopic (exact) mass is 331 g/mol. The first-order valence-corrected chi connectivity index (χ1v) is 8.44. The molecule has 4 aromatic rings. The quantitative estimate of drug-likeness (QED) is 0.563. The van der Waals surface area contributed by atoms with E-state index in [1.165, 1.54) is 10.9 Å². The number of aliphatic hydroxyl groups is 1. The maximum Gasteiger partial charge on any atom is 0.260 e. The molecular formula is C20H17N3O2. The standard InChI is InChI=1S/C20H17N3O2/c1-11(24)15-9-21-10-16-14(15)8-18-19-13(6-7-23(18)20(16)25)12-4-2-3-5-17(12)22-19/h2-5,8-11,22,24H,6-7H2,1H3/t11-/m1/s1. The lowest BCUT2D eigenvalue weighted by molar-refractivity contribution is 0.200. The van der Waals surface area contributed by atoms with Crippen LogP contribution in [0.5, 0.6) is 0 Å². The highest BCUT2D eigenvalue weighted by Gasteiger charge is 2.23. The van der Waals surface area contributed by atoms with Crippen LogP contribution in [-0.2, 0) is 13.0 Å². The minimum Gasteiger partial charge on any atom is -0.389 e. The Morgan fingerprint density at radius 2 is 2.04 bits per heavy atom. The zero-order valence-electron chi connectivity index (χ0n) is 13.8. The van der Waals surface area contributed by atoms with E-state index in [2.05, 4.69) is 22.1 Å². The second-order valence-electron chi connectivity index (χ2n) is 6.63. The maximum atomic E-state index is 13.0. The van der Waals surface area contributed by atoms with Crippen molar-refractivity contribution < 1.29 is 5.11 Å². The molecule has 124 valence electrons. The van der Waals surface area contributed by atoms with Crippen molar-refractivity contribution in [3.05, 3.63) is 64.2 Å². The van der Waals surface area contributed by atoms with E-state index in [1.807, 2.05) is 22.8 Å². The number of nitrogens with one attached hydrogen (secondary N) is 1. The largest absolute Gasteiger partial charge is 0.389 e. The number of pyridine rings is 2. The van der Waals surface area contributed by atoms with E-state index < -0.39 is 6.10 Å². The predicted molar refractivity (Wildman–Crippen MR) is 97.6 cm³/mol. The number of fused-ring (bicyclic) bond motifs is 6. The van der Waals surface area contributed by atoms with Crippen molar-refractivity contribution in [2.45, 2.75) is 26.0 Å². The minimum atomic E-state index is -0.676.